The quantitative estimate of drug-likeness (QED) is 0.832. The van der Waals surface area contributed by atoms with Crippen molar-refractivity contribution in [3.63, 3.8) is 0 Å². The van der Waals surface area contributed by atoms with Gasteiger partial charge in [0.25, 0.3) is 0 Å². The van der Waals surface area contributed by atoms with E-state index in [1.165, 1.54) is 29.5 Å². The average molecular weight is 298 g/mol. The number of nitrogens with one attached hydrogen (secondary N) is 1. The van der Waals surface area contributed by atoms with Gasteiger partial charge in [-0.15, -0.1) is 11.3 Å². The number of rotatable bonds is 6. The highest BCUT2D eigenvalue weighted by atomic mass is 32.1. The third-order valence-electron chi connectivity index (χ3n) is 2.83. The first kappa shape index (κ1) is 15.0. The molecule has 0 saturated carbocycles. The Labute approximate surface area is 120 Å². The van der Waals surface area contributed by atoms with Gasteiger partial charge in [0, 0.05) is 30.3 Å². The van der Waals surface area contributed by atoms with E-state index < -0.39 is 17.7 Å². The van der Waals surface area contributed by atoms with Gasteiger partial charge in [0.15, 0.2) is 0 Å². The molecule has 0 saturated heterocycles. The van der Waals surface area contributed by atoms with E-state index in [0.29, 0.717) is 18.2 Å². The van der Waals surface area contributed by atoms with Gasteiger partial charge in [-0.05, 0) is 19.1 Å². The SMILES string of the molecule is COCCNC(c1nc(C)cs1)c1c(F)cccc1F. The van der Waals surface area contributed by atoms with E-state index in [4.69, 9.17) is 4.74 Å². The summed E-state index contributed by atoms with van der Waals surface area (Å²) in [5.41, 5.74) is 0.832. The molecule has 0 bridgehead atoms. The summed E-state index contributed by atoms with van der Waals surface area (Å²) in [5, 5.41) is 5.59. The number of benzene rings is 1. The summed E-state index contributed by atoms with van der Waals surface area (Å²) in [6, 6.07) is 3.26. The Kier molecular flexibility index (Phi) is 5.17. The summed E-state index contributed by atoms with van der Waals surface area (Å²) in [4.78, 5) is 4.33. The average Bonchev–Trinajstić information content (AvgIpc) is 2.83. The van der Waals surface area contributed by atoms with E-state index >= 15 is 0 Å². The van der Waals surface area contributed by atoms with Crippen LogP contribution in [-0.2, 0) is 4.74 Å². The zero-order valence-corrected chi connectivity index (χ0v) is 12.1. The summed E-state index contributed by atoms with van der Waals surface area (Å²) in [5.74, 6) is -1.15. The first-order valence-corrected chi connectivity index (χ1v) is 7.09. The highest BCUT2D eigenvalue weighted by molar-refractivity contribution is 7.09. The summed E-state index contributed by atoms with van der Waals surface area (Å²) < 4.78 is 32.9. The summed E-state index contributed by atoms with van der Waals surface area (Å²) in [6.45, 7) is 2.79. The van der Waals surface area contributed by atoms with Crippen LogP contribution >= 0.6 is 11.3 Å². The fourth-order valence-electron chi connectivity index (χ4n) is 1.91. The largest absolute Gasteiger partial charge is 0.383 e. The highest BCUT2D eigenvalue weighted by Crippen LogP contribution is 2.28. The number of hydrogen-bond donors (Lipinski definition) is 1. The molecular formula is C14H16F2N2OS. The molecule has 1 aromatic heterocycles. The minimum atomic E-state index is -0.606. The van der Waals surface area contributed by atoms with Crippen LogP contribution < -0.4 is 5.32 Å². The summed E-state index contributed by atoms with van der Waals surface area (Å²) >= 11 is 1.38. The molecule has 2 aromatic rings. The molecule has 0 fully saturated rings. The van der Waals surface area contributed by atoms with Gasteiger partial charge in [0.05, 0.1) is 12.6 Å². The van der Waals surface area contributed by atoms with Gasteiger partial charge in [0.1, 0.15) is 16.6 Å². The number of thiazole rings is 1. The number of nitrogens with zero attached hydrogens (tertiary/aromatic N) is 1. The smallest absolute Gasteiger partial charge is 0.131 e. The molecule has 1 N–H and O–H groups in total. The van der Waals surface area contributed by atoms with E-state index in [2.05, 4.69) is 10.3 Å². The van der Waals surface area contributed by atoms with Gasteiger partial charge in [0.2, 0.25) is 0 Å². The van der Waals surface area contributed by atoms with E-state index in [1.807, 2.05) is 12.3 Å². The summed E-state index contributed by atoms with van der Waals surface area (Å²) in [6.07, 6.45) is 0. The Hall–Kier alpha value is -1.37. The van der Waals surface area contributed by atoms with Crippen LogP contribution in [0.2, 0.25) is 0 Å². The van der Waals surface area contributed by atoms with Gasteiger partial charge >= 0.3 is 0 Å². The van der Waals surface area contributed by atoms with Crippen molar-refractivity contribution in [2.24, 2.45) is 0 Å². The third kappa shape index (κ3) is 3.39. The van der Waals surface area contributed by atoms with Crippen molar-refractivity contribution >= 4 is 11.3 Å². The van der Waals surface area contributed by atoms with E-state index in [1.54, 1.807) is 7.11 Å². The second-order valence-electron chi connectivity index (χ2n) is 4.34. The normalized spacial score (nSPS) is 12.6. The van der Waals surface area contributed by atoms with Crippen molar-refractivity contribution in [2.45, 2.75) is 13.0 Å². The van der Waals surface area contributed by atoms with E-state index in [9.17, 15) is 8.78 Å². The van der Waals surface area contributed by atoms with Crippen molar-refractivity contribution in [2.75, 3.05) is 20.3 Å². The number of halogens is 2. The molecular weight excluding hydrogens is 282 g/mol. The minimum Gasteiger partial charge on any atom is -0.383 e. The Balaban J connectivity index is 2.35. The summed E-state index contributed by atoms with van der Waals surface area (Å²) in [7, 11) is 1.58. The molecule has 3 nitrogen and oxygen atoms in total. The zero-order chi connectivity index (χ0) is 14.5. The van der Waals surface area contributed by atoms with E-state index in [-0.39, 0.29) is 5.56 Å². The van der Waals surface area contributed by atoms with Crippen LogP contribution in [0.15, 0.2) is 23.6 Å². The van der Waals surface area contributed by atoms with Crippen molar-refractivity contribution < 1.29 is 13.5 Å². The first-order valence-electron chi connectivity index (χ1n) is 6.21. The Morgan fingerprint density at radius 3 is 2.60 bits per heavy atom. The Bertz CT molecular complexity index is 554. The predicted molar refractivity (Wildman–Crippen MR) is 74.9 cm³/mol. The van der Waals surface area contributed by atoms with Gasteiger partial charge in [-0.1, -0.05) is 6.07 Å². The Morgan fingerprint density at radius 1 is 1.35 bits per heavy atom. The molecule has 0 aliphatic heterocycles. The lowest BCUT2D eigenvalue weighted by Gasteiger charge is -2.18. The minimum absolute atomic E-state index is 0.00190. The molecule has 6 heteroatoms. The van der Waals surface area contributed by atoms with Crippen LogP contribution in [0.3, 0.4) is 0 Å². The number of methoxy groups -OCH3 is 1. The van der Waals surface area contributed by atoms with Crippen LogP contribution in [0.5, 0.6) is 0 Å². The molecule has 1 unspecified atom stereocenters. The number of aryl methyl sites for hydroxylation is 1. The molecule has 1 aromatic carbocycles. The topological polar surface area (TPSA) is 34.1 Å². The fourth-order valence-corrected chi connectivity index (χ4v) is 2.79. The second kappa shape index (κ2) is 6.88. The van der Waals surface area contributed by atoms with Crippen LogP contribution in [0, 0.1) is 18.6 Å². The van der Waals surface area contributed by atoms with Crippen molar-refractivity contribution in [3.8, 4) is 0 Å². The number of hydrogen-bond acceptors (Lipinski definition) is 4. The molecule has 0 spiro atoms. The van der Waals surface area contributed by atoms with Gasteiger partial charge in [-0.25, -0.2) is 13.8 Å². The van der Waals surface area contributed by atoms with Gasteiger partial charge in [-0.2, -0.15) is 0 Å². The molecule has 0 aliphatic rings. The maximum Gasteiger partial charge on any atom is 0.131 e. The molecule has 1 atom stereocenters. The van der Waals surface area contributed by atoms with Crippen molar-refractivity contribution in [1.29, 1.82) is 0 Å². The molecule has 0 radical (unpaired) electrons. The first-order chi connectivity index (χ1) is 9.63. The lowest BCUT2D eigenvalue weighted by molar-refractivity contribution is 0.197. The standard InChI is InChI=1S/C14H16F2N2OS/c1-9-8-20-14(18-9)13(17-6-7-19-2)12-10(15)4-3-5-11(12)16/h3-5,8,13,17H,6-7H2,1-2H3. The number of ether oxygens (including phenoxy) is 1. The van der Waals surface area contributed by atoms with Crippen LogP contribution in [0.25, 0.3) is 0 Å². The van der Waals surface area contributed by atoms with Crippen LogP contribution in [0.1, 0.15) is 22.3 Å². The number of aromatic nitrogens is 1. The lowest BCUT2D eigenvalue weighted by atomic mass is 10.1. The van der Waals surface area contributed by atoms with Crippen molar-refractivity contribution in [1.82, 2.24) is 10.3 Å². The Morgan fingerprint density at radius 2 is 2.05 bits per heavy atom. The lowest BCUT2D eigenvalue weighted by Crippen LogP contribution is -2.27. The third-order valence-corrected chi connectivity index (χ3v) is 3.85. The maximum atomic E-state index is 14.0. The molecule has 20 heavy (non-hydrogen) atoms. The van der Waals surface area contributed by atoms with E-state index in [0.717, 1.165) is 5.69 Å². The monoisotopic (exact) mass is 298 g/mol. The maximum absolute atomic E-state index is 14.0. The van der Waals surface area contributed by atoms with Crippen molar-refractivity contribution in [3.05, 3.63) is 51.5 Å². The highest BCUT2D eigenvalue weighted by Gasteiger charge is 2.23. The fraction of sp³-hybridized carbons (Fsp3) is 0.357. The molecule has 0 amide bonds. The predicted octanol–water partition coefficient (Wildman–Crippen LogP) is 3.06. The molecule has 108 valence electrons. The second-order valence-corrected chi connectivity index (χ2v) is 5.23. The zero-order valence-electron chi connectivity index (χ0n) is 11.3. The molecule has 1 heterocycles. The molecule has 2 rings (SSSR count). The van der Waals surface area contributed by atoms with Gasteiger partial charge < -0.3 is 10.1 Å². The molecule has 0 aliphatic carbocycles. The van der Waals surface area contributed by atoms with Crippen LogP contribution in [-0.4, -0.2) is 25.2 Å². The van der Waals surface area contributed by atoms with Gasteiger partial charge in [-0.3, -0.25) is 0 Å². The van der Waals surface area contributed by atoms with Crippen LogP contribution in [0.4, 0.5) is 8.78 Å².